The minimum Gasteiger partial charge on any atom is -0.497 e. The molecule has 0 aliphatic rings. The summed E-state index contributed by atoms with van der Waals surface area (Å²) in [4.78, 5) is 15.3. The van der Waals surface area contributed by atoms with E-state index in [2.05, 4.69) is 4.99 Å². The first-order valence-corrected chi connectivity index (χ1v) is 9.53. The molecule has 0 aromatic heterocycles. The Hall–Kier alpha value is -2.77. The first-order valence-electron chi connectivity index (χ1n) is 9.15. The van der Waals surface area contributed by atoms with Gasteiger partial charge in [-0.1, -0.05) is 23.7 Å². The van der Waals surface area contributed by atoms with Gasteiger partial charge in [0.05, 0.1) is 18.7 Å². The van der Waals surface area contributed by atoms with E-state index in [-0.39, 0.29) is 18.3 Å². The van der Waals surface area contributed by atoms with Crippen LogP contribution in [0.4, 0.5) is 0 Å². The lowest BCUT2D eigenvalue weighted by molar-refractivity contribution is -0.117. The molecule has 0 unspecified atom stereocenters. The molecule has 7 nitrogen and oxygen atoms in total. The zero-order valence-corrected chi connectivity index (χ0v) is 17.4. The van der Waals surface area contributed by atoms with Gasteiger partial charge in [0.2, 0.25) is 5.91 Å². The molecule has 4 N–H and O–H groups in total. The summed E-state index contributed by atoms with van der Waals surface area (Å²) < 4.78 is 16.3. The number of halogens is 1. The van der Waals surface area contributed by atoms with Gasteiger partial charge in [0, 0.05) is 37.7 Å². The largest absolute Gasteiger partial charge is 0.497 e. The standard InChI is InChI=1S/C21H26ClN3O4/c1-27-10-3-11-29-19-12-14(5-9-20(26)25-21(23)24)4-7-17(19)16-8-6-15(28-2)13-18(16)22/h4,6-8,12-13H,3,5,9-11H2,1-2H3,(H4,23,24,25,26). The van der Waals surface area contributed by atoms with Crippen molar-refractivity contribution in [2.75, 3.05) is 27.4 Å². The summed E-state index contributed by atoms with van der Waals surface area (Å²) in [6.07, 6.45) is 1.43. The fourth-order valence-corrected chi connectivity index (χ4v) is 3.01. The highest BCUT2D eigenvalue weighted by Crippen LogP contribution is 2.37. The molecule has 2 aromatic carbocycles. The molecule has 0 spiro atoms. The van der Waals surface area contributed by atoms with Gasteiger partial charge in [-0.3, -0.25) is 4.79 Å². The Labute approximate surface area is 175 Å². The highest BCUT2D eigenvalue weighted by Gasteiger charge is 2.13. The predicted molar refractivity (Wildman–Crippen MR) is 115 cm³/mol. The maximum Gasteiger partial charge on any atom is 0.249 e. The molecule has 0 saturated heterocycles. The molecule has 156 valence electrons. The van der Waals surface area contributed by atoms with E-state index in [1.807, 2.05) is 30.3 Å². The summed E-state index contributed by atoms with van der Waals surface area (Å²) in [5, 5.41) is 0.557. The van der Waals surface area contributed by atoms with Crippen LogP contribution in [0.1, 0.15) is 18.4 Å². The van der Waals surface area contributed by atoms with Gasteiger partial charge in [0.1, 0.15) is 11.5 Å². The van der Waals surface area contributed by atoms with Crippen LogP contribution in [0.25, 0.3) is 11.1 Å². The topological polar surface area (TPSA) is 109 Å². The first-order chi connectivity index (χ1) is 13.9. The lowest BCUT2D eigenvalue weighted by atomic mass is 10.0. The van der Waals surface area contributed by atoms with Crippen LogP contribution in [-0.2, 0) is 16.0 Å². The summed E-state index contributed by atoms with van der Waals surface area (Å²) in [5.74, 6) is 0.757. The van der Waals surface area contributed by atoms with Crippen LogP contribution in [0, 0.1) is 0 Å². The summed E-state index contributed by atoms with van der Waals surface area (Å²) in [7, 11) is 3.24. The normalized spacial score (nSPS) is 10.4. The number of hydrogen-bond acceptors (Lipinski definition) is 4. The Kier molecular flexibility index (Phi) is 8.76. The zero-order chi connectivity index (χ0) is 21.2. The SMILES string of the molecule is COCCCOc1cc(CCC(=O)N=C(N)N)ccc1-c1ccc(OC)cc1Cl. The van der Waals surface area contributed by atoms with E-state index in [0.29, 0.717) is 36.2 Å². The lowest BCUT2D eigenvalue weighted by Gasteiger charge is -2.15. The number of methoxy groups -OCH3 is 2. The van der Waals surface area contributed by atoms with E-state index in [9.17, 15) is 4.79 Å². The van der Waals surface area contributed by atoms with E-state index < -0.39 is 0 Å². The second-order valence-electron chi connectivity index (χ2n) is 6.30. The van der Waals surface area contributed by atoms with Crippen molar-refractivity contribution in [3.8, 4) is 22.6 Å². The van der Waals surface area contributed by atoms with Crippen LogP contribution in [-0.4, -0.2) is 39.3 Å². The highest BCUT2D eigenvalue weighted by molar-refractivity contribution is 6.33. The van der Waals surface area contributed by atoms with E-state index in [0.717, 1.165) is 23.1 Å². The second kappa shape index (κ2) is 11.3. The number of aliphatic imine (C=N–C) groups is 1. The van der Waals surface area contributed by atoms with Gasteiger partial charge in [0.15, 0.2) is 5.96 Å². The average molecular weight is 420 g/mol. The van der Waals surface area contributed by atoms with E-state index in [4.69, 9.17) is 37.3 Å². The maximum atomic E-state index is 11.7. The van der Waals surface area contributed by atoms with E-state index in [1.165, 1.54) is 0 Å². The fourth-order valence-electron chi connectivity index (χ4n) is 2.74. The third-order valence-electron chi connectivity index (χ3n) is 4.14. The van der Waals surface area contributed by atoms with E-state index in [1.54, 1.807) is 20.3 Å². The second-order valence-corrected chi connectivity index (χ2v) is 6.71. The summed E-state index contributed by atoms with van der Waals surface area (Å²) in [5.41, 5.74) is 13.1. The third kappa shape index (κ3) is 6.96. The van der Waals surface area contributed by atoms with Crippen LogP contribution in [0.5, 0.6) is 11.5 Å². The number of nitrogens with two attached hydrogens (primary N) is 2. The minimum absolute atomic E-state index is 0.198. The molecule has 8 heteroatoms. The summed E-state index contributed by atoms with van der Waals surface area (Å²) >= 11 is 6.45. The molecular weight excluding hydrogens is 394 g/mol. The van der Waals surface area contributed by atoms with Gasteiger partial charge in [-0.2, -0.15) is 4.99 Å². The summed E-state index contributed by atoms with van der Waals surface area (Å²) in [6.45, 7) is 1.09. The Morgan fingerprint density at radius 2 is 1.83 bits per heavy atom. The first kappa shape index (κ1) is 22.5. The van der Waals surface area contributed by atoms with Crippen LogP contribution >= 0.6 is 11.6 Å². The molecule has 0 atom stereocenters. The van der Waals surface area contributed by atoms with Crippen molar-refractivity contribution in [3.05, 3.63) is 47.0 Å². The quantitative estimate of drug-likeness (QED) is 0.348. The number of nitrogens with zero attached hydrogens (tertiary/aromatic N) is 1. The Morgan fingerprint density at radius 1 is 1.07 bits per heavy atom. The predicted octanol–water partition coefficient (Wildman–Crippen LogP) is 3.16. The van der Waals surface area contributed by atoms with Crippen molar-refractivity contribution in [3.63, 3.8) is 0 Å². The van der Waals surface area contributed by atoms with Crippen molar-refractivity contribution >= 4 is 23.5 Å². The number of hydrogen-bond donors (Lipinski definition) is 2. The maximum absolute atomic E-state index is 11.7. The molecule has 1 amide bonds. The fraction of sp³-hybridized carbons (Fsp3) is 0.333. The Bertz CT molecular complexity index is 867. The molecule has 2 aromatic rings. The number of aryl methyl sites for hydroxylation is 1. The minimum atomic E-state index is -0.366. The van der Waals surface area contributed by atoms with Gasteiger partial charge in [-0.15, -0.1) is 0 Å². The van der Waals surface area contributed by atoms with Crippen molar-refractivity contribution in [1.29, 1.82) is 0 Å². The van der Waals surface area contributed by atoms with Crippen LogP contribution < -0.4 is 20.9 Å². The number of amides is 1. The molecular formula is C21H26ClN3O4. The van der Waals surface area contributed by atoms with Gasteiger partial charge in [-0.05, 0) is 36.2 Å². The van der Waals surface area contributed by atoms with Crippen molar-refractivity contribution < 1.29 is 19.0 Å². The monoisotopic (exact) mass is 419 g/mol. The number of rotatable bonds is 10. The average Bonchev–Trinajstić information content (AvgIpc) is 2.69. The number of ether oxygens (including phenoxy) is 3. The van der Waals surface area contributed by atoms with Crippen molar-refractivity contribution in [2.45, 2.75) is 19.3 Å². The molecule has 2 rings (SSSR count). The number of carbonyl (C=O) groups excluding carboxylic acids is 1. The van der Waals surface area contributed by atoms with Gasteiger partial charge in [0.25, 0.3) is 0 Å². The van der Waals surface area contributed by atoms with Crippen LogP contribution in [0.2, 0.25) is 5.02 Å². The highest BCUT2D eigenvalue weighted by atomic mass is 35.5. The van der Waals surface area contributed by atoms with Gasteiger partial charge < -0.3 is 25.7 Å². The smallest absolute Gasteiger partial charge is 0.249 e. The van der Waals surface area contributed by atoms with Crippen molar-refractivity contribution in [1.82, 2.24) is 0 Å². The van der Waals surface area contributed by atoms with Gasteiger partial charge in [-0.25, -0.2) is 0 Å². The van der Waals surface area contributed by atoms with E-state index >= 15 is 0 Å². The molecule has 0 heterocycles. The van der Waals surface area contributed by atoms with Gasteiger partial charge >= 0.3 is 0 Å². The zero-order valence-electron chi connectivity index (χ0n) is 16.6. The summed E-state index contributed by atoms with van der Waals surface area (Å²) in [6, 6.07) is 11.3. The molecule has 0 aliphatic carbocycles. The van der Waals surface area contributed by atoms with Crippen LogP contribution in [0.15, 0.2) is 41.4 Å². The third-order valence-corrected chi connectivity index (χ3v) is 4.46. The molecule has 0 fully saturated rings. The van der Waals surface area contributed by atoms with Crippen molar-refractivity contribution in [2.24, 2.45) is 16.5 Å². The molecule has 0 aliphatic heterocycles. The molecule has 0 bridgehead atoms. The lowest BCUT2D eigenvalue weighted by Crippen LogP contribution is -2.24. The number of guanidine groups is 1. The molecule has 29 heavy (non-hydrogen) atoms. The van der Waals surface area contributed by atoms with Crippen LogP contribution in [0.3, 0.4) is 0 Å². The Balaban J connectivity index is 2.27. The number of benzene rings is 2. The number of carbonyl (C=O) groups is 1. The molecule has 0 radical (unpaired) electrons. The molecule has 0 saturated carbocycles. The Morgan fingerprint density at radius 3 is 2.48 bits per heavy atom.